The van der Waals surface area contributed by atoms with Crippen molar-refractivity contribution in [1.82, 2.24) is 0 Å². The van der Waals surface area contributed by atoms with Crippen molar-refractivity contribution in [2.24, 2.45) is 0 Å². The molecule has 14 heteroatoms. The molecule has 0 saturated carbocycles. The zero-order chi connectivity index (χ0) is 30.3. The first-order chi connectivity index (χ1) is 19.0. The molecule has 0 rings (SSSR count). The van der Waals surface area contributed by atoms with Crippen molar-refractivity contribution in [2.75, 3.05) is 64.4 Å². The molecule has 2 unspecified atom stereocenters. The Hall–Kier alpha value is -2.36. The summed E-state index contributed by atoms with van der Waals surface area (Å²) in [6.45, 7) is 13.8. The van der Waals surface area contributed by atoms with Crippen LogP contribution < -0.4 is 0 Å². The van der Waals surface area contributed by atoms with Crippen LogP contribution in [0.25, 0.3) is 0 Å². The zero-order valence-corrected chi connectivity index (χ0v) is 24.5. The fourth-order valence-electron chi connectivity index (χ4n) is 2.78. The van der Waals surface area contributed by atoms with Gasteiger partial charge in [0.25, 0.3) is 0 Å². The number of carbonyl (C=O) groups excluding carboxylic acids is 2. The number of rotatable bonds is 27. The highest BCUT2D eigenvalue weighted by atomic mass is 32.2. The molecule has 0 heterocycles. The van der Waals surface area contributed by atoms with Gasteiger partial charge in [0.15, 0.2) is 19.7 Å². The van der Waals surface area contributed by atoms with E-state index in [0.29, 0.717) is 13.2 Å². The monoisotopic (exact) mass is 610 g/mol. The Morgan fingerprint density at radius 3 is 1.27 bits per heavy atom. The van der Waals surface area contributed by atoms with Crippen LogP contribution in [0.1, 0.15) is 25.7 Å². The molecule has 0 amide bonds. The molecule has 12 nitrogen and oxygen atoms in total. The number of hydrogen-bond acceptors (Lipinski definition) is 12. The highest BCUT2D eigenvalue weighted by Gasteiger charge is 2.15. The van der Waals surface area contributed by atoms with Crippen molar-refractivity contribution in [3.05, 3.63) is 49.3 Å². The number of esters is 2. The molecular formula is C26H42O12S2. The summed E-state index contributed by atoms with van der Waals surface area (Å²) >= 11 is 0. The fourth-order valence-corrected chi connectivity index (χ4v) is 3.77. The lowest BCUT2D eigenvalue weighted by atomic mass is 10.2. The van der Waals surface area contributed by atoms with Crippen LogP contribution in [-0.4, -0.2) is 105 Å². The SMILES string of the molecule is C=CC(=O)OCC(COCCCCCCOCC(COC(=O)C=C)OCCS(=O)(=O)C=C)OCCS(=O)(=O)C=C. The van der Waals surface area contributed by atoms with E-state index in [1.807, 2.05) is 0 Å². The summed E-state index contributed by atoms with van der Waals surface area (Å²) in [6.07, 6.45) is 4.00. The lowest BCUT2D eigenvalue weighted by Crippen LogP contribution is -2.29. The van der Waals surface area contributed by atoms with Crippen LogP contribution in [0.2, 0.25) is 0 Å². The molecule has 40 heavy (non-hydrogen) atoms. The van der Waals surface area contributed by atoms with Gasteiger partial charge >= 0.3 is 11.9 Å². The van der Waals surface area contributed by atoms with Gasteiger partial charge in [-0.25, -0.2) is 26.4 Å². The van der Waals surface area contributed by atoms with E-state index >= 15 is 0 Å². The van der Waals surface area contributed by atoms with Gasteiger partial charge in [0.05, 0.1) is 37.9 Å². The summed E-state index contributed by atoms with van der Waals surface area (Å²) in [6, 6.07) is 0. The van der Waals surface area contributed by atoms with Crippen LogP contribution in [0.3, 0.4) is 0 Å². The average molecular weight is 611 g/mol. The maximum atomic E-state index is 11.5. The number of ether oxygens (including phenoxy) is 6. The zero-order valence-electron chi connectivity index (χ0n) is 22.9. The summed E-state index contributed by atoms with van der Waals surface area (Å²) in [5, 5.41) is 1.72. The Kier molecular flexibility index (Phi) is 21.0. The van der Waals surface area contributed by atoms with E-state index in [9.17, 15) is 26.4 Å². The maximum Gasteiger partial charge on any atom is 0.330 e. The van der Waals surface area contributed by atoms with Crippen molar-refractivity contribution in [3.8, 4) is 0 Å². The highest BCUT2D eigenvalue weighted by molar-refractivity contribution is 7.94. The predicted molar refractivity (Wildman–Crippen MR) is 150 cm³/mol. The van der Waals surface area contributed by atoms with Gasteiger partial charge in [-0.05, 0) is 12.8 Å². The molecule has 0 aliphatic carbocycles. The summed E-state index contributed by atoms with van der Waals surface area (Å²) in [4.78, 5) is 22.6. The molecular weight excluding hydrogens is 568 g/mol. The Labute approximate surface area is 237 Å². The van der Waals surface area contributed by atoms with E-state index in [1.54, 1.807) is 0 Å². The average Bonchev–Trinajstić information content (AvgIpc) is 2.93. The molecule has 0 aliphatic heterocycles. The lowest BCUT2D eigenvalue weighted by Gasteiger charge is -2.18. The summed E-state index contributed by atoms with van der Waals surface area (Å²) in [7, 11) is -6.82. The van der Waals surface area contributed by atoms with Gasteiger partial charge < -0.3 is 28.4 Å². The Morgan fingerprint density at radius 1 is 0.575 bits per heavy atom. The third kappa shape index (κ3) is 21.5. The predicted octanol–water partition coefficient (Wildman–Crippen LogP) is 1.93. The van der Waals surface area contributed by atoms with Crippen LogP contribution in [0.5, 0.6) is 0 Å². The van der Waals surface area contributed by atoms with Gasteiger partial charge in [0.1, 0.15) is 25.4 Å². The first kappa shape index (κ1) is 37.6. The first-order valence-corrected chi connectivity index (χ1v) is 16.1. The Balaban J connectivity index is 4.22. The third-order valence-corrected chi connectivity index (χ3v) is 7.53. The molecule has 0 aromatic carbocycles. The van der Waals surface area contributed by atoms with Crippen molar-refractivity contribution in [3.63, 3.8) is 0 Å². The topological polar surface area (TPSA) is 158 Å². The molecule has 0 aromatic heterocycles. The second kappa shape index (κ2) is 22.3. The van der Waals surface area contributed by atoms with E-state index in [1.165, 1.54) is 0 Å². The Morgan fingerprint density at radius 2 is 0.950 bits per heavy atom. The highest BCUT2D eigenvalue weighted by Crippen LogP contribution is 2.05. The third-order valence-electron chi connectivity index (χ3n) is 5.04. The smallest absolute Gasteiger partial charge is 0.330 e. The van der Waals surface area contributed by atoms with Crippen molar-refractivity contribution in [1.29, 1.82) is 0 Å². The summed E-state index contributed by atoms with van der Waals surface area (Å²) in [5.74, 6) is -1.72. The minimum absolute atomic E-state index is 0.0927. The maximum absolute atomic E-state index is 11.5. The number of sulfone groups is 2. The van der Waals surface area contributed by atoms with Crippen LogP contribution in [0, 0.1) is 0 Å². The summed E-state index contributed by atoms with van der Waals surface area (Å²) < 4.78 is 78.2. The molecule has 0 N–H and O–H groups in total. The largest absolute Gasteiger partial charge is 0.460 e. The molecule has 230 valence electrons. The number of hydrogen-bond donors (Lipinski definition) is 0. The summed E-state index contributed by atoms with van der Waals surface area (Å²) in [5.41, 5.74) is 0. The number of unbranched alkanes of at least 4 members (excludes halogenated alkanes) is 3. The molecule has 2 atom stereocenters. The van der Waals surface area contributed by atoms with E-state index < -0.39 is 43.8 Å². The molecule has 0 bridgehead atoms. The van der Waals surface area contributed by atoms with Gasteiger partial charge in [-0.3, -0.25) is 0 Å². The van der Waals surface area contributed by atoms with Gasteiger partial charge in [-0.15, -0.1) is 0 Å². The van der Waals surface area contributed by atoms with Crippen molar-refractivity contribution in [2.45, 2.75) is 37.9 Å². The van der Waals surface area contributed by atoms with Gasteiger partial charge in [-0.2, -0.15) is 0 Å². The fraction of sp³-hybridized carbons (Fsp3) is 0.615. The minimum Gasteiger partial charge on any atom is -0.460 e. The molecule has 0 spiro atoms. The van der Waals surface area contributed by atoms with Gasteiger partial charge in [0, 0.05) is 36.2 Å². The molecule has 0 radical (unpaired) electrons. The molecule has 0 aromatic rings. The normalized spacial score (nSPS) is 13.1. The van der Waals surface area contributed by atoms with Crippen LogP contribution in [-0.2, 0) is 57.7 Å². The molecule has 0 aliphatic rings. The second-order valence-corrected chi connectivity index (χ2v) is 12.4. The van der Waals surface area contributed by atoms with E-state index in [0.717, 1.165) is 48.7 Å². The quantitative estimate of drug-likeness (QED) is 0.0757. The van der Waals surface area contributed by atoms with E-state index in [2.05, 4.69) is 26.3 Å². The van der Waals surface area contributed by atoms with Crippen LogP contribution in [0.4, 0.5) is 0 Å². The van der Waals surface area contributed by atoms with Crippen LogP contribution >= 0.6 is 0 Å². The van der Waals surface area contributed by atoms with Gasteiger partial charge in [-0.1, -0.05) is 39.2 Å². The Bertz CT molecular complexity index is 909. The van der Waals surface area contributed by atoms with Crippen molar-refractivity contribution >= 4 is 31.6 Å². The van der Waals surface area contributed by atoms with Crippen LogP contribution in [0.15, 0.2) is 49.3 Å². The standard InChI is InChI=1S/C26H42O12S2/c1-5-25(27)37-21-23(35-15-17-39(29,30)7-3)19-33-13-11-9-10-12-14-34-20-24(22-38-26(28)6-2)36-16-18-40(31,32)8-4/h5-8,23-24H,1-4,9-22H2. The van der Waals surface area contributed by atoms with E-state index in [4.69, 9.17) is 28.4 Å². The lowest BCUT2D eigenvalue weighted by molar-refractivity contribution is -0.144. The number of carbonyl (C=O) groups is 2. The first-order valence-electron chi connectivity index (χ1n) is 12.7. The van der Waals surface area contributed by atoms with Crippen molar-refractivity contribution < 1.29 is 54.8 Å². The molecule has 0 fully saturated rings. The van der Waals surface area contributed by atoms with Gasteiger partial charge in [0.2, 0.25) is 0 Å². The van der Waals surface area contributed by atoms with E-state index in [-0.39, 0.29) is 51.1 Å². The molecule has 0 saturated heterocycles. The minimum atomic E-state index is -3.41. The second-order valence-electron chi connectivity index (χ2n) is 8.29.